The highest BCUT2D eigenvalue weighted by atomic mass is 19.4. The van der Waals surface area contributed by atoms with Crippen molar-refractivity contribution in [1.82, 2.24) is 15.3 Å². The van der Waals surface area contributed by atoms with Crippen molar-refractivity contribution in [2.75, 3.05) is 0 Å². The molecule has 2 aromatic carbocycles. The normalized spacial score (nSPS) is 14.1. The molecule has 0 radical (unpaired) electrons. The van der Waals surface area contributed by atoms with Gasteiger partial charge in [0.05, 0.1) is 11.1 Å². The molecule has 0 saturated carbocycles. The van der Waals surface area contributed by atoms with E-state index in [4.69, 9.17) is 0 Å². The van der Waals surface area contributed by atoms with Crippen molar-refractivity contribution in [2.24, 2.45) is 5.92 Å². The Morgan fingerprint density at radius 2 is 1.63 bits per heavy atom. The number of aromatic amines is 1. The topological polar surface area (TPSA) is 74.8 Å². The first-order chi connectivity index (χ1) is 16.3. The zero-order chi connectivity index (χ0) is 25.5. The van der Waals surface area contributed by atoms with Crippen LogP contribution in [0, 0.1) is 11.7 Å². The molecule has 1 amide bonds. The molecule has 12 heteroatoms. The number of hydrogen-bond acceptors (Lipinski definition) is 3. The average Bonchev–Trinajstić information content (AvgIpc) is 3.20. The Bertz CT molecular complexity index is 1320. The van der Waals surface area contributed by atoms with Gasteiger partial charge in [0, 0.05) is 24.1 Å². The number of benzene rings is 2. The van der Waals surface area contributed by atoms with Crippen molar-refractivity contribution in [3.63, 3.8) is 0 Å². The van der Waals surface area contributed by atoms with Gasteiger partial charge in [0.25, 0.3) is 5.56 Å². The van der Waals surface area contributed by atoms with Crippen LogP contribution in [0.25, 0.3) is 11.4 Å². The minimum Gasteiger partial charge on any atom is -0.352 e. The largest absolute Gasteiger partial charge is 0.433 e. The molecule has 184 valence electrons. The third-order valence-electron chi connectivity index (χ3n) is 5.67. The first-order valence-electron chi connectivity index (χ1n) is 10.3. The van der Waals surface area contributed by atoms with Crippen LogP contribution < -0.4 is 10.9 Å². The fourth-order valence-electron chi connectivity index (χ4n) is 4.02. The summed E-state index contributed by atoms with van der Waals surface area (Å²) in [4.78, 5) is 29.0. The van der Waals surface area contributed by atoms with E-state index >= 15 is 4.39 Å². The molecule has 0 spiro atoms. The SMILES string of the molecule is O=C(NCc1ccc(C(F)(F)F)c(-c2nc(C(F)(F)F)cc(=O)[nH]2)c1F)C1Cc2ccccc2C1. The second-order valence-corrected chi connectivity index (χ2v) is 8.03. The first kappa shape index (κ1) is 24.4. The third-order valence-corrected chi connectivity index (χ3v) is 5.67. The zero-order valence-corrected chi connectivity index (χ0v) is 17.6. The second-order valence-electron chi connectivity index (χ2n) is 8.03. The molecule has 1 aromatic heterocycles. The fraction of sp³-hybridized carbons (Fsp3) is 0.261. The third kappa shape index (κ3) is 5.05. The maximum Gasteiger partial charge on any atom is 0.433 e. The van der Waals surface area contributed by atoms with Crippen LogP contribution in [-0.4, -0.2) is 15.9 Å². The van der Waals surface area contributed by atoms with Crippen LogP contribution in [0.5, 0.6) is 0 Å². The number of aromatic nitrogens is 2. The van der Waals surface area contributed by atoms with E-state index in [2.05, 4.69) is 10.3 Å². The Hall–Kier alpha value is -3.70. The van der Waals surface area contributed by atoms with Crippen LogP contribution in [0.4, 0.5) is 30.7 Å². The summed E-state index contributed by atoms with van der Waals surface area (Å²) in [5.74, 6) is -3.69. The molecule has 0 bridgehead atoms. The lowest BCUT2D eigenvalue weighted by atomic mass is 10.0. The van der Waals surface area contributed by atoms with Crippen LogP contribution in [0.3, 0.4) is 0 Å². The van der Waals surface area contributed by atoms with Crippen molar-refractivity contribution in [3.05, 3.63) is 86.6 Å². The van der Waals surface area contributed by atoms with Gasteiger partial charge in [-0.3, -0.25) is 9.59 Å². The van der Waals surface area contributed by atoms with E-state index in [-0.39, 0.29) is 6.07 Å². The van der Waals surface area contributed by atoms with Crippen molar-refractivity contribution in [2.45, 2.75) is 31.7 Å². The van der Waals surface area contributed by atoms with Crippen LogP contribution in [0.1, 0.15) is 27.9 Å². The van der Waals surface area contributed by atoms with Crippen molar-refractivity contribution >= 4 is 5.91 Å². The number of H-pyrrole nitrogens is 1. The van der Waals surface area contributed by atoms with E-state index in [1.165, 1.54) is 0 Å². The summed E-state index contributed by atoms with van der Waals surface area (Å²) in [6.45, 7) is -0.522. The molecular formula is C23H16F7N3O2. The maximum absolute atomic E-state index is 15.3. The number of nitrogens with one attached hydrogen (secondary N) is 2. The molecule has 3 aromatic rings. The molecule has 0 fully saturated rings. The Kier molecular flexibility index (Phi) is 6.16. The number of carbonyl (C=O) groups is 1. The lowest BCUT2D eigenvalue weighted by Gasteiger charge is -2.17. The van der Waals surface area contributed by atoms with E-state index in [0.717, 1.165) is 17.2 Å². The fourth-order valence-corrected chi connectivity index (χ4v) is 4.02. The summed E-state index contributed by atoms with van der Waals surface area (Å²) in [5.41, 5.74) is -4.61. The van der Waals surface area contributed by atoms with Gasteiger partial charge in [-0.05, 0) is 30.0 Å². The summed E-state index contributed by atoms with van der Waals surface area (Å²) in [7, 11) is 0. The molecule has 1 heterocycles. The molecule has 1 aliphatic carbocycles. The Labute approximate surface area is 193 Å². The standard InChI is InChI=1S/C23H16F7N3O2/c24-19-13(10-31-21(35)14-7-11-3-1-2-4-12(11)8-14)5-6-15(22(25,26)27)18(19)20-32-16(23(28,29)30)9-17(34)33-20/h1-6,9,14H,7-8,10H2,(H,31,35)(H,32,33,34). The van der Waals surface area contributed by atoms with Crippen LogP contribution in [0.2, 0.25) is 0 Å². The highest BCUT2D eigenvalue weighted by Crippen LogP contribution is 2.39. The number of halogens is 7. The van der Waals surface area contributed by atoms with Gasteiger partial charge >= 0.3 is 12.4 Å². The molecular weight excluding hydrogens is 483 g/mol. The van der Waals surface area contributed by atoms with Gasteiger partial charge in [-0.2, -0.15) is 26.3 Å². The second kappa shape index (κ2) is 8.82. The lowest BCUT2D eigenvalue weighted by molar-refractivity contribution is -0.141. The van der Waals surface area contributed by atoms with Gasteiger partial charge in [0.1, 0.15) is 11.6 Å². The summed E-state index contributed by atoms with van der Waals surface area (Å²) in [5, 5.41) is 2.47. The smallest absolute Gasteiger partial charge is 0.352 e. The number of nitrogens with zero attached hydrogens (tertiary/aromatic N) is 1. The predicted octanol–water partition coefficient (Wildman–Crippen LogP) is 4.64. The minimum absolute atomic E-state index is 0.0539. The number of amides is 1. The van der Waals surface area contributed by atoms with Crippen LogP contribution >= 0.6 is 0 Å². The van der Waals surface area contributed by atoms with Crippen molar-refractivity contribution < 1.29 is 35.5 Å². The Morgan fingerprint density at radius 1 is 1.00 bits per heavy atom. The van der Waals surface area contributed by atoms with E-state index in [1.807, 2.05) is 24.3 Å². The molecule has 0 saturated heterocycles. The van der Waals surface area contributed by atoms with E-state index in [1.54, 1.807) is 4.98 Å². The van der Waals surface area contributed by atoms with E-state index in [0.29, 0.717) is 18.9 Å². The summed E-state index contributed by atoms with van der Waals surface area (Å²) in [6, 6.07) is 8.68. The molecule has 2 N–H and O–H groups in total. The monoisotopic (exact) mass is 499 g/mol. The molecule has 1 aliphatic rings. The number of hydrogen-bond donors (Lipinski definition) is 2. The van der Waals surface area contributed by atoms with Crippen LogP contribution in [0.15, 0.2) is 47.3 Å². The summed E-state index contributed by atoms with van der Waals surface area (Å²) >= 11 is 0. The number of carbonyl (C=O) groups excluding carboxylic acids is 1. The van der Waals surface area contributed by atoms with Gasteiger partial charge in [0.15, 0.2) is 5.69 Å². The zero-order valence-electron chi connectivity index (χ0n) is 17.6. The molecule has 5 nitrogen and oxygen atoms in total. The van der Waals surface area contributed by atoms with Gasteiger partial charge in [-0.25, -0.2) is 9.37 Å². The van der Waals surface area contributed by atoms with Crippen molar-refractivity contribution in [1.29, 1.82) is 0 Å². The van der Waals surface area contributed by atoms with Gasteiger partial charge in [0.2, 0.25) is 5.91 Å². The average molecular weight is 499 g/mol. The Balaban J connectivity index is 1.66. The molecule has 0 unspecified atom stereocenters. The van der Waals surface area contributed by atoms with E-state index < -0.39 is 70.3 Å². The van der Waals surface area contributed by atoms with Crippen molar-refractivity contribution in [3.8, 4) is 11.4 Å². The summed E-state index contributed by atoms with van der Waals surface area (Å²) in [6.07, 6.45) is -9.43. The highest BCUT2D eigenvalue weighted by molar-refractivity contribution is 5.80. The summed E-state index contributed by atoms with van der Waals surface area (Å²) < 4.78 is 95.1. The van der Waals surface area contributed by atoms with Crippen LogP contribution in [-0.2, 0) is 36.5 Å². The number of fused-ring (bicyclic) bond motifs is 1. The van der Waals surface area contributed by atoms with Gasteiger partial charge in [-0.1, -0.05) is 30.3 Å². The molecule has 4 rings (SSSR count). The first-order valence-corrected chi connectivity index (χ1v) is 10.3. The van der Waals surface area contributed by atoms with Gasteiger partial charge < -0.3 is 10.3 Å². The lowest BCUT2D eigenvalue weighted by Crippen LogP contribution is -2.31. The number of alkyl halides is 6. The minimum atomic E-state index is -5.17. The highest BCUT2D eigenvalue weighted by Gasteiger charge is 2.38. The predicted molar refractivity (Wildman–Crippen MR) is 109 cm³/mol. The Morgan fingerprint density at radius 3 is 2.20 bits per heavy atom. The van der Waals surface area contributed by atoms with Gasteiger partial charge in [-0.15, -0.1) is 0 Å². The quantitative estimate of drug-likeness (QED) is 0.514. The number of rotatable bonds is 4. The molecule has 35 heavy (non-hydrogen) atoms. The maximum atomic E-state index is 15.3. The molecule has 0 aliphatic heterocycles. The van der Waals surface area contributed by atoms with E-state index in [9.17, 15) is 35.9 Å². The molecule has 0 atom stereocenters.